The first-order chi connectivity index (χ1) is 12.0. The van der Waals surface area contributed by atoms with Gasteiger partial charge in [0.05, 0.1) is 10.6 Å². The molecule has 0 saturated carbocycles. The van der Waals surface area contributed by atoms with Crippen molar-refractivity contribution in [2.45, 2.75) is 23.3 Å². The molecule has 0 bridgehead atoms. The smallest absolute Gasteiger partial charge is 0.240 e. The summed E-state index contributed by atoms with van der Waals surface area (Å²) >= 11 is 1.58. The predicted octanol–water partition coefficient (Wildman–Crippen LogP) is 3.38. The minimum Gasteiger partial charge on any atom is -0.304 e. The molecule has 2 aromatic carbocycles. The molecule has 0 atom stereocenters. The van der Waals surface area contributed by atoms with E-state index < -0.39 is 10.0 Å². The third-order valence-corrected chi connectivity index (χ3v) is 6.06. The summed E-state index contributed by atoms with van der Waals surface area (Å²) in [6.45, 7) is 2.12. The monoisotopic (exact) mass is 373 g/mol. The first-order valence-corrected chi connectivity index (χ1v) is 10.4. The summed E-state index contributed by atoms with van der Waals surface area (Å²) in [6, 6.07) is 14.5. The molecule has 0 amide bonds. The molecule has 3 aromatic rings. The van der Waals surface area contributed by atoms with Gasteiger partial charge in [0.25, 0.3) is 0 Å². The van der Waals surface area contributed by atoms with Crippen molar-refractivity contribution in [2.24, 2.45) is 0 Å². The van der Waals surface area contributed by atoms with Crippen LogP contribution >= 0.6 is 11.8 Å². The number of hydrogen-bond donors (Lipinski definition) is 1. The number of imidazole rings is 1. The van der Waals surface area contributed by atoms with Crippen LogP contribution in [-0.4, -0.2) is 24.2 Å². The van der Waals surface area contributed by atoms with Crippen molar-refractivity contribution in [1.82, 2.24) is 14.3 Å². The molecular formula is C18H19N3O2S2. The van der Waals surface area contributed by atoms with Crippen LogP contribution in [0.15, 0.2) is 70.7 Å². The number of sulfonamides is 1. The molecule has 0 fully saturated rings. The van der Waals surface area contributed by atoms with Crippen molar-refractivity contribution in [3.05, 3.63) is 72.3 Å². The molecule has 0 aliphatic carbocycles. The third-order valence-electron chi connectivity index (χ3n) is 3.90. The van der Waals surface area contributed by atoms with Gasteiger partial charge in [-0.25, -0.2) is 18.1 Å². The van der Waals surface area contributed by atoms with Gasteiger partial charge < -0.3 is 4.57 Å². The number of benzene rings is 2. The number of nitrogens with one attached hydrogen (secondary N) is 1. The van der Waals surface area contributed by atoms with E-state index in [1.165, 1.54) is 0 Å². The average Bonchev–Trinajstić information content (AvgIpc) is 3.06. The van der Waals surface area contributed by atoms with Crippen LogP contribution in [0.1, 0.15) is 11.4 Å². The van der Waals surface area contributed by atoms with Crippen molar-refractivity contribution >= 4 is 21.8 Å². The first kappa shape index (κ1) is 17.7. The number of aryl methyl sites for hydroxylation is 1. The molecule has 7 heteroatoms. The highest BCUT2D eigenvalue weighted by molar-refractivity contribution is 7.98. The second-order valence-electron chi connectivity index (χ2n) is 5.47. The third kappa shape index (κ3) is 3.95. The fourth-order valence-electron chi connectivity index (χ4n) is 2.54. The van der Waals surface area contributed by atoms with Crippen molar-refractivity contribution in [3.63, 3.8) is 0 Å². The average molecular weight is 374 g/mol. The maximum absolute atomic E-state index is 12.5. The maximum Gasteiger partial charge on any atom is 0.240 e. The van der Waals surface area contributed by atoms with Crippen LogP contribution in [0.5, 0.6) is 0 Å². The number of nitrogens with zero attached hydrogens (tertiary/aromatic N) is 2. The molecule has 0 radical (unpaired) electrons. The van der Waals surface area contributed by atoms with Crippen LogP contribution in [0.25, 0.3) is 5.69 Å². The predicted molar refractivity (Wildman–Crippen MR) is 101 cm³/mol. The summed E-state index contributed by atoms with van der Waals surface area (Å²) in [4.78, 5) is 5.52. The van der Waals surface area contributed by atoms with E-state index in [2.05, 4.69) is 9.71 Å². The molecule has 25 heavy (non-hydrogen) atoms. The Kier molecular flexibility index (Phi) is 5.27. The Labute approximate surface area is 152 Å². The topological polar surface area (TPSA) is 64.0 Å². The highest BCUT2D eigenvalue weighted by Crippen LogP contribution is 2.19. The molecule has 0 unspecified atom stereocenters. The molecule has 0 aliphatic rings. The lowest BCUT2D eigenvalue weighted by Crippen LogP contribution is -2.24. The summed E-state index contributed by atoms with van der Waals surface area (Å²) in [7, 11) is -3.56. The zero-order valence-electron chi connectivity index (χ0n) is 14.0. The zero-order chi connectivity index (χ0) is 17.9. The van der Waals surface area contributed by atoms with Gasteiger partial charge >= 0.3 is 0 Å². The SMILES string of the molecule is CSc1ccc(S(=O)(=O)NCc2ccccc2-n2ccnc2C)cc1. The minimum absolute atomic E-state index is 0.209. The molecule has 0 aliphatic heterocycles. The van der Waals surface area contributed by atoms with Crippen LogP contribution < -0.4 is 4.72 Å². The molecule has 130 valence electrons. The lowest BCUT2D eigenvalue weighted by molar-refractivity contribution is 0.581. The van der Waals surface area contributed by atoms with Crippen LogP contribution in [0, 0.1) is 6.92 Å². The molecule has 0 saturated heterocycles. The molecule has 1 aromatic heterocycles. The van der Waals surface area contributed by atoms with Crippen molar-refractivity contribution < 1.29 is 8.42 Å². The summed E-state index contributed by atoms with van der Waals surface area (Å²) in [6.07, 6.45) is 5.55. The van der Waals surface area contributed by atoms with Crippen molar-refractivity contribution in [3.8, 4) is 5.69 Å². The van der Waals surface area contributed by atoms with E-state index in [4.69, 9.17) is 0 Å². The standard InChI is InChI=1S/C18H19N3O2S2/c1-14-19-11-12-21(14)18-6-4-3-5-15(18)13-20-25(22,23)17-9-7-16(24-2)8-10-17/h3-12,20H,13H2,1-2H3. The number of thioether (sulfide) groups is 1. The Bertz CT molecular complexity index is 964. The van der Waals surface area contributed by atoms with Gasteiger partial charge in [-0.3, -0.25) is 0 Å². The van der Waals surface area contributed by atoms with Crippen molar-refractivity contribution in [2.75, 3.05) is 6.26 Å². The fourth-order valence-corrected chi connectivity index (χ4v) is 3.95. The zero-order valence-corrected chi connectivity index (χ0v) is 15.6. The van der Waals surface area contributed by atoms with Crippen LogP contribution in [0.3, 0.4) is 0 Å². The lowest BCUT2D eigenvalue weighted by atomic mass is 10.2. The van der Waals surface area contributed by atoms with E-state index in [1.807, 2.05) is 60.3 Å². The van der Waals surface area contributed by atoms with E-state index in [1.54, 1.807) is 30.1 Å². The Balaban J connectivity index is 1.83. The summed E-state index contributed by atoms with van der Waals surface area (Å²) in [5, 5.41) is 0. The second-order valence-corrected chi connectivity index (χ2v) is 8.12. The van der Waals surface area contributed by atoms with Gasteiger partial charge in [0, 0.05) is 23.8 Å². The number of rotatable bonds is 6. The molecule has 0 spiro atoms. The van der Waals surface area contributed by atoms with Crippen LogP contribution in [-0.2, 0) is 16.6 Å². The maximum atomic E-state index is 12.5. The highest BCUT2D eigenvalue weighted by atomic mass is 32.2. The van der Waals surface area contributed by atoms with Gasteiger partial charge in [0.15, 0.2) is 0 Å². The molecule has 3 rings (SSSR count). The van der Waals surface area contributed by atoms with E-state index in [0.717, 1.165) is 22.0 Å². The van der Waals surface area contributed by atoms with Gasteiger partial charge in [0.2, 0.25) is 10.0 Å². The summed E-state index contributed by atoms with van der Waals surface area (Å²) in [5.74, 6) is 0.850. The second kappa shape index (κ2) is 7.43. The van der Waals surface area contributed by atoms with Crippen molar-refractivity contribution in [1.29, 1.82) is 0 Å². The molecular weight excluding hydrogens is 354 g/mol. The van der Waals surface area contributed by atoms with Crippen LogP contribution in [0.4, 0.5) is 0 Å². The lowest BCUT2D eigenvalue weighted by Gasteiger charge is -2.13. The summed E-state index contributed by atoms with van der Waals surface area (Å²) < 4.78 is 29.7. The van der Waals surface area contributed by atoms with Gasteiger partial charge in [-0.05, 0) is 49.1 Å². The highest BCUT2D eigenvalue weighted by Gasteiger charge is 2.15. The van der Waals surface area contributed by atoms with Gasteiger partial charge in [-0.1, -0.05) is 18.2 Å². The van der Waals surface area contributed by atoms with E-state index in [0.29, 0.717) is 0 Å². The van der Waals surface area contributed by atoms with Gasteiger partial charge in [-0.2, -0.15) is 0 Å². The Morgan fingerprint density at radius 3 is 2.48 bits per heavy atom. The first-order valence-electron chi connectivity index (χ1n) is 7.73. The van der Waals surface area contributed by atoms with E-state index >= 15 is 0 Å². The van der Waals surface area contributed by atoms with E-state index in [9.17, 15) is 8.42 Å². The molecule has 1 heterocycles. The number of aromatic nitrogens is 2. The minimum atomic E-state index is -3.56. The Morgan fingerprint density at radius 1 is 1.12 bits per heavy atom. The number of para-hydroxylation sites is 1. The molecule has 5 nitrogen and oxygen atoms in total. The van der Waals surface area contributed by atoms with Gasteiger partial charge in [0.1, 0.15) is 5.82 Å². The quantitative estimate of drug-likeness (QED) is 0.673. The number of hydrogen-bond acceptors (Lipinski definition) is 4. The van der Waals surface area contributed by atoms with E-state index in [-0.39, 0.29) is 11.4 Å². The summed E-state index contributed by atoms with van der Waals surface area (Å²) in [5.41, 5.74) is 1.80. The van der Waals surface area contributed by atoms with Gasteiger partial charge in [-0.15, -0.1) is 11.8 Å². The largest absolute Gasteiger partial charge is 0.304 e. The normalized spacial score (nSPS) is 11.6. The Morgan fingerprint density at radius 2 is 1.84 bits per heavy atom. The fraction of sp³-hybridized carbons (Fsp3) is 0.167. The molecule has 1 N–H and O–H groups in total. The Hall–Kier alpha value is -2.09. The van der Waals surface area contributed by atoms with Crippen LogP contribution in [0.2, 0.25) is 0 Å².